The molecule has 0 fully saturated rings. The van der Waals surface area contributed by atoms with Crippen LogP contribution in [0.25, 0.3) is 0 Å². The molecule has 1 unspecified atom stereocenters. The van der Waals surface area contributed by atoms with E-state index in [1.807, 2.05) is 35.2 Å². The van der Waals surface area contributed by atoms with Gasteiger partial charge in [0.05, 0.1) is 0 Å². The number of nitrogens with zero attached hydrogens (tertiary/aromatic N) is 1. The van der Waals surface area contributed by atoms with Gasteiger partial charge in [0, 0.05) is 18.7 Å². The molecule has 0 saturated carbocycles. The summed E-state index contributed by atoms with van der Waals surface area (Å²) in [7, 11) is 0. The first-order chi connectivity index (χ1) is 7.70. The normalized spacial score (nSPS) is 12.2. The van der Waals surface area contributed by atoms with Gasteiger partial charge in [-0.05, 0) is 25.0 Å². The number of hydrogen-bond acceptors (Lipinski definition) is 1. The number of para-hydroxylation sites is 1. The number of anilines is 1. The summed E-state index contributed by atoms with van der Waals surface area (Å²) >= 11 is 0. The van der Waals surface area contributed by atoms with Gasteiger partial charge in [-0.2, -0.15) is 0 Å². The molecule has 0 N–H and O–H groups in total. The molecule has 1 atom stereocenters. The smallest absolute Gasteiger partial charge is 0.224 e. The van der Waals surface area contributed by atoms with Crippen LogP contribution in [-0.2, 0) is 4.79 Å². The molecular weight excluding hydrogens is 198 g/mol. The molecule has 0 aliphatic heterocycles. The van der Waals surface area contributed by atoms with Crippen LogP contribution in [0.2, 0.25) is 0 Å². The lowest BCUT2D eigenvalue weighted by atomic mass is 10.1. The molecule has 16 heavy (non-hydrogen) atoms. The van der Waals surface area contributed by atoms with Crippen LogP contribution < -0.4 is 4.90 Å². The van der Waals surface area contributed by atoms with Crippen LogP contribution >= 0.6 is 0 Å². The van der Waals surface area contributed by atoms with Crippen molar-refractivity contribution in [3.05, 3.63) is 30.3 Å². The van der Waals surface area contributed by atoms with Crippen molar-refractivity contribution in [3.8, 4) is 0 Å². The fourth-order valence-electron chi connectivity index (χ4n) is 2.09. The molecular formula is C14H21NO. The van der Waals surface area contributed by atoms with E-state index in [0.717, 1.165) is 24.9 Å². The minimum atomic E-state index is 0.131. The highest BCUT2D eigenvalue weighted by molar-refractivity contribution is 5.92. The SMILES string of the molecule is CCCC(CC)N(C(C)=O)c1ccccc1. The Bertz CT molecular complexity index is 321. The van der Waals surface area contributed by atoms with Crippen LogP contribution in [0.4, 0.5) is 5.69 Å². The first-order valence-corrected chi connectivity index (χ1v) is 6.05. The Kier molecular flexibility index (Phi) is 5.03. The van der Waals surface area contributed by atoms with E-state index in [9.17, 15) is 4.79 Å². The highest BCUT2D eigenvalue weighted by Crippen LogP contribution is 2.21. The number of carbonyl (C=O) groups excluding carboxylic acids is 1. The predicted molar refractivity (Wildman–Crippen MR) is 68.6 cm³/mol. The predicted octanol–water partition coefficient (Wildman–Crippen LogP) is 3.62. The van der Waals surface area contributed by atoms with Gasteiger partial charge in [-0.15, -0.1) is 0 Å². The van der Waals surface area contributed by atoms with E-state index in [0.29, 0.717) is 6.04 Å². The summed E-state index contributed by atoms with van der Waals surface area (Å²) in [6.07, 6.45) is 3.17. The summed E-state index contributed by atoms with van der Waals surface area (Å²) in [5, 5.41) is 0. The van der Waals surface area contributed by atoms with Crippen LogP contribution in [0.3, 0.4) is 0 Å². The van der Waals surface area contributed by atoms with Gasteiger partial charge in [-0.25, -0.2) is 0 Å². The standard InChI is InChI=1S/C14H21NO/c1-4-9-13(5-2)15(12(3)16)14-10-7-6-8-11-14/h6-8,10-11,13H,4-5,9H2,1-3H3. The number of carbonyl (C=O) groups is 1. The molecule has 0 radical (unpaired) electrons. The maximum absolute atomic E-state index is 11.7. The number of rotatable bonds is 5. The molecule has 0 aliphatic rings. The second-order valence-corrected chi connectivity index (χ2v) is 4.08. The number of benzene rings is 1. The van der Waals surface area contributed by atoms with Crippen LogP contribution in [0, 0.1) is 0 Å². The molecule has 1 rings (SSSR count). The monoisotopic (exact) mass is 219 g/mol. The summed E-state index contributed by atoms with van der Waals surface area (Å²) in [4.78, 5) is 13.7. The average Bonchev–Trinajstić information content (AvgIpc) is 2.29. The fraction of sp³-hybridized carbons (Fsp3) is 0.500. The van der Waals surface area contributed by atoms with Crippen molar-refractivity contribution in [3.63, 3.8) is 0 Å². The molecule has 88 valence electrons. The molecule has 0 bridgehead atoms. The summed E-state index contributed by atoms with van der Waals surface area (Å²) in [6.45, 7) is 5.94. The van der Waals surface area contributed by atoms with Crippen molar-refractivity contribution in [2.45, 2.75) is 46.1 Å². The Balaban J connectivity index is 2.94. The number of hydrogen-bond donors (Lipinski definition) is 0. The Morgan fingerprint density at radius 3 is 2.31 bits per heavy atom. The molecule has 0 spiro atoms. The van der Waals surface area contributed by atoms with Crippen LogP contribution in [0.15, 0.2) is 30.3 Å². The topological polar surface area (TPSA) is 20.3 Å². The van der Waals surface area contributed by atoms with E-state index < -0.39 is 0 Å². The van der Waals surface area contributed by atoms with Gasteiger partial charge in [-0.1, -0.05) is 38.5 Å². The van der Waals surface area contributed by atoms with Crippen LogP contribution in [0.5, 0.6) is 0 Å². The van der Waals surface area contributed by atoms with Gasteiger partial charge in [0.2, 0.25) is 5.91 Å². The quantitative estimate of drug-likeness (QED) is 0.740. The molecule has 2 nitrogen and oxygen atoms in total. The third-order valence-corrected chi connectivity index (χ3v) is 2.83. The summed E-state index contributed by atoms with van der Waals surface area (Å²) < 4.78 is 0. The largest absolute Gasteiger partial charge is 0.310 e. The van der Waals surface area contributed by atoms with Gasteiger partial charge in [0.25, 0.3) is 0 Å². The van der Waals surface area contributed by atoms with Crippen molar-refractivity contribution < 1.29 is 4.79 Å². The molecule has 0 heterocycles. The Morgan fingerprint density at radius 1 is 1.25 bits per heavy atom. The van der Waals surface area contributed by atoms with E-state index in [1.54, 1.807) is 6.92 Å². The Labute approximate surface area is 98.3 Å². The maximum Gasteiger partial charge on any atom is 0.224 e. The van der Waals surface area contributed by atoms with E-state index in [1.165, 1.54) is 0 Å². The van der Waals surface area contributed by atoms with Gasteiger partial charge < -0.3 is 4.90 Å². The maximum atomic E-state index is 11.7. The third kappa shape index (κ3) is 3.09. The van der Waals surface area contributed by atoms with Gasteiger partial charge >= 0.3 is 0 Å². The third-order valence-electron chi connectivity index (χ3n) is 2.83. The molecule has 0 aromatic heterocycles. The van der Waals surface area contributed by atoms with Gasteiger partial charge in [0.1, 0.15) is 0 Å². The average molecular weight is 219 g/mol. The molecule has 0 aliphatic carbocycles. The molecule has 0 saturated heterocycles. The zero-order chi connectivity index (χ0) is 12.0. The Hall–Kier alpha value is -1.31. The Morgan fingerprint density at radius 2 is 1.88 bits per heavy atom. The van der Waals surface area contributed by atoms with Gasteiger partial charge in [-0.3, -0.25) is 4.79 Å². The lowest BCUT2D eigenvalue weighted by Gasteiger charge is -2.30. The highest BCUT2D eigenvalue weighted by atomic mass is 16.2. The van der Waals surface area contributed by atoms with Crippen molar-refractivity contribution in [1.82, 2.24) is 0 Å². The second-order valence-electron chi connectivity index (χ2n) is 4.08. The first kappa shape index (κ1) is 12.8. The fourth-order valence-corrected chi connectivity index (χ4v) is 2.09. The van der Waals surface area contributed by atoms with E-state index in [2.05, 4.69) is 13.8 Å². The van der Waals surface area contributed by atoms with Crippen molar-refractivity contribution in [2.75, 3.05) is 4.90 Å². The summed E-state index contributed by atoms with van der Waals surface area (Å²) in [5.74, 6) is 0.131. The van der Waals surface area contributed by atoms with E-state index in [-0.39, 0.29) is 5.91 Å². The highest BCUT2D eigenvalue weighted by Gasteiger charge is 2.19. The van der Waals surface area contributed by atoms with Crippen molar-refractivity contribution >= 4 is 11.6 Å². The van der Waals surface area contributed by atoms with Gasteiger partial charge in [0.15, 0.2) is 0 Å². The van der Waals surface area contributed by atoms with Crippen LogP contribution in [0.1, 0.15) is 40.0 Å². The summed E-state index contributed by atoms with van der Waals surface area (Å²) in [5.41, 5.74) is 1.01. The molecule has 1 amide bonds. The molecule has 1 aromatic rings. The molecule has 2 heteroatoms. The summed E-state index contributed by atoms with van der Waals surface area (Å²) in [6, 6.07) is 10.3. The molecule has 1 aromatic carbocycles. The lowest BCUT2D eigenvalue weighted by molar-refractivity contribution is -0.117. The van der Waals surface area contributed by atoms with E-state index >= 15 is 0 Å². The van der Waals surface area contributed by atoms with Crippen LogP contribution in [-0.4, -0.2) is 11.9 Å². The zero-order valence-corrected chi connectivity index (χ0v) is 10.4. The minimum Gasteiger partial charge on any atom is -0.310 e. The number of amides is 1. The second kappa shape index (κ2) is 6.31. The lowest BCUT2D eigenvalue weighted by Crippen LogP contribution is -2.38. The van der Waals surface area contributed by atoms with Crippen molar-refractivity contribution in [1.29, 1.82) is 0 Å². The minimum absolute atomic E-state index is 0.131. The van der Waals surface area contributed by atoms with E-state index in [4.69, 9.17) is 0 Å². The van der Waals surface area contributed by atoms with Crippen molar-refractivity contribution in [2.24, 2.45) is 0 Å². The first-order valence-electron chi connectivity index (χ1n) is 6.05. The zero-order valence-electron chi connectivity index (χ0n) is 10.4.